The number of anilines is 1. The number of phenolic OH excluding ortho intramolecular Hbond substituents is 1. The van der Waals surface area contributed by atoms with Crippen LogP contribution in [0.5, 0.6) is 17.4 Å². The maximum Gasteiger partial charge on any atom is 0.266 e. The zero-order chi connectivity index (χ0) is 17.7. The second kappa shape index (κ2) is 7.50. The Balaban J connectivity index is 2.08. The van der Waals surface area contributed by atoms with Crippen molar-refractivity contribution in [2.45, 2.75) is 19.8 Å². The number of benzene rings is 1. The molecule has 130 valence electrons. The predicted molar refractivity (Wildman–Crippen MR) is 91.4 cm³/mol. The van der Waals surface area contributed by atoms with Gasteiger partial charge in [-0.1, -0.05) is 19.9 Å². The van der Waals surface area contributed by atoms with Gasteiger partial charge in [-0.3, -0.25) is 4.55 Å². The van der Waals surface area contributed by atoms with Crippen LogP contribution < -0.4 is 10.1 Å². The number of ether oxygens (including phenoxy) is 1. The van der Waals surface area contributed by atoms with Crippen molar-refractivity contribution >= 4 is 15.9 Å². The molecule has 0 amide bonds. The first-order valence-corrected chi connectivity index (χ1v) is 9.02. The standard InChI is InChI=1S/C16H20N2O5S/c1-11(2)13-10-12(6-7-14(13)19)23-16-5-3-4-15(18-16)17-8-9-24(20,21)22/h3-7,10-11,19H,8-9H2,1-2H3,(H,17,18)(H,20,21,22). The molecule has 1 heterocycles. The Labute approximate surface area is 141 Å². The van der Waals surface area contributed by atoms with Gasteiger partial charge < -0.3 is 15.2 Å². The van der Waals surface area contributed by atoms with Crippen LogP contribution >= 0.6 is 0 Å². The molecular formula is C16H20N2O5S. The summed E-state index contributed by atoms with van der Waals surface area (Å²) in [5, 5.41) is 12.6. The summed E-state index contributed by atoms with van der Waals surface area (Å²) in [7, 11) is -4.02. The first-order chi connectivity index (χ1) is 11.2. The molecular weight excluding hydrogens is 332 g/mol. The first-order valence-electron chi connectivity index (χ1n) is 7.41. The SMILES string of the molecule is CC(C)c1cc(Oc2cccc(NCCS(=O)(=O)O)n2)ccc1O. The molecule has 0 saturated carbocycles. The zero-order valence-corrected chi connectivity index (χ0v) is 14.2. The molecule has 1 aromatic carbocycles. The van der Waals surface area contributed by atoms with E-state index in [1.165, 1.54) is 0 Å². The van der Waals surface area contributed by atoms with Gasteiger partial charge in [-0.15, -0.1) is 0 Å². The fourth-order valence-electron chi connectivity index (χ4n) is 2.06. The van der Waals surface area contributed by atoms with Gasteiger partial charge in [-0.05, 0) is 30.2 Å². The van der Waals surface area contributed by atoms with Crippen molar-refractivity contribution in [1.82, 2.24) is 4.98 Å². The molecule has 0 saturated heterocycles. The van der Waals surface area contributed by atoms with Crippen LogP contribution in [0.3, 0.4) is 0 Å². The predicted octanol–water partition coefficient (Wildman–Crippen LogP) is 3.00. The molecule has 3 N–H and O–H groups in total. The highest BCUT2D eigenvalue weighted by molar-refractivity contribution is 7.85. The van der Waals surface area contributed by atoms with Crippen LogP contribution in [-0.4, -0.2) is 35.4 Å². The lowest BCUT2D eigenvalue weighted by Gasteiger charge is -2.12. The average molecular weight is 352 g/mol. The van der Waals surface area contributed by atoms with E-state index in [0.29, 0.717) is 17.4 Å². The number of phenols is 1. The molecule has 2 aromatic rings. The Bertz CT molecular complexity index is 806. The van der Waals surface area contributed by atoms with Crippen molar-refractivity contribution < 1.29 is 22.8 Å². The molecule has 0 radical (unpaired) electrons. The Morgan fingerprint density at radius 2 is 2.00 bits per heavy atom. The van der Waals surface area contributed by atoms with Gasteiger partial charge in [0.25, 0.3) is 10.1 Å². The van der Waals surface area contributed by atoms with Crippen LogP contribution in [0, 0.1) is 0 Å². The topological polar surface area (TPSA) is 109 Å². The minimum Gasteiger partial charge on any atom is -0.508 e. The monoisotopic (exact) mass is 352 g/mol. The molecule has 2 rings (SSSR count). The van der Waals surface area contributed by atoms with Crippen molar-refractivity contribution in [3.8, 4) is 17.4 Å². The molecule has 0 aliphatic heterocycles. The lowest BCUT2D eigenvalue weighted by atomic mass is 10.0. The third-order valence-corrected chi connectivity index (χ3v) is 3.95. The number of aromatic nitrogens is 1. The van der Waals surface area contributed by atoms with E-state index >= 15 is 0 Å². The summed E-state index contributed by atoms with van der Waals surface area (Å²) < 4.78 is 35.8. The van der Waals surface area contributed by atoms with Gasteiger partial charge >= 0.3 is 0 Å². The summed E-state index contributed by atoms with van der Waals surface area (Å²) >= 11 is 0. The van der Waals surface area contributed by atoms with E-state index in [0.717, 1.165) is 5.56 Å². The Morgan fingerprint density at radius 1 is 1.25 bits per heavy atom. The van der Waals surface area contributed by atoms with Gasteiger partial charge in [0.05, 0.1) is 5.75 Å². The molecule has 24 heavy (non-hydrogen) atoms. The van der Waals surface area contributed by atoms with E-state index in [9.17, 15) is 13.5 Å². The summed E-state index contributed by atoms with van der Waals surface area (Å²) in [6, 6.07) is 9.99. The third-order valence-electron chi connectivity index (χ3n) is 3.23. The maximum atomic E-state index is 10.7. The highest BCUT2D eigenvalue weighted by atomic mass is 32.2. The normalized spacial score (nSPS) is 11.5. The van der Waals surface area contributed by atoms with Crippen LogP contribution in [0.15, 0.2) is 36.4 Å². The smallest absolute Gasteiger partial charge is 0.266 e. The number of nitrogens with one attached hydrogen (secondary N) is 1. The highest BCUT2D eigenvalue weighted by Gasteiger charge is 2.09. The van der Waals surface area contributed by atoms with E-state index in [2.05, 4.69) is 10.3 Å². The number of nitrogens with zero attached hydrogens (tertiary/aromatic N) is 1. The fourth-order valence-corrected chi connectivity index (χ4v) is 2.42. The maximum absolute atomic E-state index is 10.7. The van der Waals surface area contributed by atoms with Crippen LogP contribution in [0.4, 0.5) is 5.82 Å². The molecule has 1 aromatic heterocycles. The summed E-state index contributed by atoms with van der Waals surface area (Å²) in [6.45, 7) is 3.97. The van der Waals surface area contributed by atoms with Crippen LogP contribution in [-0.2, 0) is 10.1 Å². The van der Waals surface area contributed by atoms with Crippen molar-refractivity contribution in [3.05, 3.63) is 42.0 Å². The Morgan fingerprint density at radius 3 is 2.67 bits per heavy atom. The van der Waals surface area contributed by atoms with Crippen LogP contribution in [0.2, 0.25) is 0 Å². The van der Waals surface area contributed by atoms with Gasteiger partial charge in [0.2, 0.25) is 5.88 Å². The van der Waals surface area contributed by atoms with Gasteiger partial charge in [0, 0.05) is 18.2 Å². The van der Waals surface area contributed by atoms with E-state index in [4.69, 9.17) is 9.29 Å². The quantitative estimate of drug-likeness (QED) is 0.657. The molecule has 0 fully saturated rings. The Hall–Kier alpha value is -2.32. The third kappa shape index (κ3) is 5.39. The van der Waals surface area contributed by atoms with E-state index in [1.54, 1.807) is 36.4 Å². The zero-order valence-electron chi connectivity index (χ0n) is 13.4. The van der Waals surface area contributed by atoms with E-state index < -0.39 is 15.9 Å². The summed E-state index contributed by atoms with van der Waals surface area (Å²) in [5.41, 5.74) is 0.773. The second-order valence-electron chi connectivity index (χ2n) is 5.55. The van der Waals surface area contributed by atoms with Crippen LogP contribution in [0.1, 0.15) is 25.3 Å². The average Bonchev–Trinajstić information content (AvgIpc) is 2.48. The lowest BCUT2D eigenvalue weighted by molar-refractivity contribution is 0.447. The lowest BCUT2D eigenvalue weighted by Crippen LogP contribution is -2.15. The highest BCUT2D eigenvalue weighted by Crippen LogP contribution is 2.31. The number of rotatable bonds is 7. The molecule has 0 unspecified atom stereocenters. The Kier molecular flexibility index (Phi) is 5.63. The van der Waals surface area contributed by atoms with Gasteiger partial charge in [-0.25, -0.2) is 0 Å². The number of pyridine rings is 1. The molecule has 0 atom stereocenters. The van der Waals surface area contributed by atoms with Crippen molar-refractivity contribution in [2.75, 3.05) is 17.6 Å². The summed E-state index contributed by atoms with van der Waals surface area (Å²) in [4.78, 5) is 4.21. The molecule has 0 bridgehead atoms. The minimum atomic E-state index is -4.02. The summed E-state index contributed by atoms with van der Waals surface area (Å²) in [6.07, 6.45) is 0. The molecule has 0 aliphatic carbocycles. The molecule has 7 nitrogen and oxygen atoms in total. The van der Waals surface area contributed by atoms with Crippen molar-refractivity contribution in [3.63, 3.8) is 0 Å². The summed E-state index contributed by atoms with van der Waals surface area (Å²) in [5.74, 6) is 1.25. The molecule has 0 spiro atoms. The minimum absolute atomic E-state index is 0.0337. The van der Waals surface area contributed by atoms with Crippen molar-refractivity contribution in [2.24, 2.45) is 0 Å². The molecule has 8 heteroatoms. The van der Waals surface area contributed by atoms with E-state index in [-0.39, 0.29) is 18.2 Å². The van der Waals surface area contributed by atoms with Gasteiger partial charge in [0.15, 0.2) is 0 Å². The first kappa shape index (κ1) is 18.0. The second-order valence-corrected chi connectivity index (χ2v) is 7.12. The van der Waals surface area contributed by atoms with Crippen LogP contribution in [0.25, 0.3) is 0 Å². The van der Waals surface area contributed by atoms with Gasteiger partial charge in [0.1, 0.15) is 17.3 Å². The van der Waals surface area contributed by atoms with Crippen molar-refractivity contribution in [1.29, 1.82) is 0 Å². The van der Waals surface area contributed by atoms with Gasteiger partial charge in [-0.2, -0.15) is 13.4 Å². The molecule has 0 aliphatic rings. The number of hydrogen-bond acceptors (Lipinski definition) is 6. The van der Waals surface area contributed by atoms with E-state index in [1.807, 2.05) is 13.8 Å². The fraction of sp³-hybridized carbons (Fsp3) is 0.312. The number of hydrogen-bond donors (Lipinski definition) is 3. The number of aromatic hydroxyl groups is 1. The largest absolute Gasteiger partial charge is 0.508 e.